The van der Waals surface area contributed by atoms with Crippen LogP contribution in [0.4, 0.5) is 8.78 Å². The second-order valence-corrected chi connectivity index (χ2v) is 4.63. The fourth-order valence-corrected chi connectivity index (χ4v) is 2.00. The van der Waals surface area contributed by atoms with Crippen molar-refractivity contribution in [1.82, 2.24) is 0 Å². The van der Waals surface area contributed by atoms with E-state index < -0.39 is 11.6 Å². The summed E-state index contributed by atoms with van der Waals surface area (Å²) < 4.78 is 26.2. The molecule has 0 spiro atoms. The van der Waals surface area contributed by atoms with Crippen LogP contribution in [0.2, 0.25) is 5.02 Å². The number of rotatable bonds is 4. The van der Waals surface area contributed by atoms with E-state index in [1.54, 1.807) is 24.3 Å². The molecule has 19 heavy (non-hydrogen) atoms. The van der Waals surface area contributed by atoms with E-state index in [2.05, 4.69) is 0 Å². The van der Waals surface area contributed by atoms with Crippen LogP contribution >= 0.6 is 11.6 Å². The zero-order chi connectivity index (χ0) is 13.8. The smallest absolute Gasteiger partial charge is 0.141 e. The molecule has 0 bridgehead atoms. The van der Waals surface area contributed by atoms with E-state index in [0.29, 0.717) is 10.6 Å². The lowest BCUT2D eigenvalue weighted by molar-refractivity contribution is -0.117. The van der Waals surface area contributed by atoms with Crippen molar-refractivity contribution in [3.63, 3.8) is 0 Å². The molecule has 0 saturated carbocycles. The number of benzene rings is 2. The summed E-state index contributed by atoms with van der Waals surface area (Å²) in [6.45, 7) is 0. The van der Waals surface area contributed by atoms with E-state index in [1.807, 2.05) is 0 Å². The van der Waals surface area contributed by atoms with Crippen LogP contribution in [0.25, 0.3) is 0 Å². The zero-order valence-corrected chi connectivity index (χ0v) is 10.8. The number of carbonyl (C=O) groups is 1. The van der Waals surface area contributed by atoms with Crippen molar-refractivity contribution < 1.29 is 13.6 Å². The standard InChI is InChI=1S/C15H11ClF2O/c16-14-4-2-1-3-10(14)7-13(19)8-11-5-6-12(17)9-15(11)18/h1-6,9H,7-8H2. The van der Waals surface area contributed by atoms with Gasteiger partial charge in [0.05, 0.1) is 0 Å². The molecule has 0 aliphatic heterocycles. The van der Waals surface area contributed by atoms with Gasteiger partial charge < -0.3 is 0 Å². The predicted molar refractivity (Wildman–Crippen MR) is 70.2 cm³/mol. The van der Waals surface area contributed by atoms with Crippen LogP contribution in [-0.4, -0.2) is 5.78 Å². The monoisotopic (exact) mass is 280 g/mol. The van der Waals surface area contributed by atoms with Gasteiger partial charge in [0, 0.05) is 23.9 Å². The first-order valence-electron chi connectivity index (χ1n) is 5.75. The molecule has 0 aliphatic rings. The Morgan fingerprint density at radius 3 is 2.37 bits per heavy atom. The first-order chi connectivity index (χ1) is 9.06. The first kappa shape index (κ1) is 13.7. The Hall–Kier alpha value is -1.74. The molecule has 0 heterocycles. The van der Waals surface area contributed by atoms with Crippen LogP contribution in [0.3, 0.4) is 0 Å². The largest absolute Gasteiger partial charge is 0.299 e. The third-order valence-electron chi connectivity index (χ3n) is 2.75. The molecule has 2 rings (SSSR count). The molecule has 0 radical (unpaired) electrons. The summed E-state index contributed by atoms with van der Waals surface area (Å²) in [5.41, 5.74) is 0.898. The highest BCUT2D eigenvalue weighted by Gasteiger charge is 2.11. The summed E-state index contributed by atoms with van der Waals surface area (Å²) in [5, 5.41) is 0.510. The lowest BCUT2D eigenvalue weighted by atomic mass is 10.0. The van der Waals surface area contributed by atoms with E-state index in [4.69, 9.17) is 11.6 Å². The predicted octanol–water partition coefficient (Wildman–Crippen LogP) is 3.97. The molecular formula is C15H11ClF2O. The maximum absolute atomic E-state index is 13.4. The second-order valence-electron chi connectivity index (χ2n) is 4.22. The summed E-state index contributed by atoms with van der Waals surface area (Å²) >= 11 is 5.95. The fraction of sp³-hybridized carbons (Fsp3) is 0.133. The van der Waals surface area contributed by atoms with Crippen molar-refractivity contribution in [3.8, 4) is 0 Å². The average molecular weight is 281 g/mol. The molecule has 0 fully saturated rings. The molecule has 1 nitrogen and oxygen atoms in total. The Balaban J connectivity index is 2.08. The van der Waals surface area contributed by atoms with Crippen LogP contribution in [0, 0.1) is 11.6 Å². The molecule has 98 valence electrons. The fourth-order valence-electron chi connectivity index (χ4n) is 1.79. The molecular weight excluding hydrogens is 270 g/mol. The summed E-state index contributed by atoms with van der Waals surface area (Å²) in [4.78, 5) is 11.9. The molecule has 2 aromatic carbocycles. The van der Waals surface area contributed by atoms with Gasteiger partial charge in [0.15, 0.2) is 0 Å². The van der Waals surface area contributed by atoms with Gasteiger partial charge in [-0.1, -0.05) is 35.9 Å². The number of ketones is 1. The summed E-state index contributed by atoms with van der Waals surface area (Å²) in [5.74, 6) is -1.52. The van der Waals surface area contributed by atoms with Crippen LogP contribution in [-0.2, 0) is 17.6 Å². The van der Waals surface area contributed by atoms with Gasteiger partial charge in [-0.05, 0) is 23.3 Å². The van der Waals surface area contributed by atoms with Crippen LogP contribution < -0.4 is 0 Å². The Bertz CT molecular complexity index is 611. The maximum Gasteiger partial charge on any atom is 0.141 e. The molecule has 2 aromatic rings. The SMILES string of the molecule is O=C(Cc1ccc(F)cc1F)Cc1ccccc1Cl. The molecule has 4 heteroatoms. The molecule has 0 amide bonds. The van der Waals surface area contributed by atoms with Crippen molar-refractivity contribution in [2.24, 2.45) is 0 Å². The second kappa shape index (κ2) is 5.93. The number of carbonyl (C=O) groups excluding carboxylic acids is 1. The molecule has 0 saturated heterocycles. The van der Waals surface area contributed by atoms with Crippen molar-refractivity contribution in [1.29, 1.82) is 0 Å². The number of hydrogen-bond donors (Lipinski definition) is 0. The van der Waals surface area contributed by atoms with Gasteiger partial charge in [0.2, 0.25) is 0 Å². The van der Waals surface area contributed by atoms with E-state index in [9.17, 15) is 13.6 Å². The third kappa shape index (κ3) is 3.61. The molecule has 0 atom stereocenters. The van der Waals surface area contributed by atoms with Crippen molar-refractivity contribution >= 4 is 17.4 Å². The lowest BCUT2D eigenvalue weighted by Crippen LogP contribution is -2.08. The maximum atomic E-state index is 13.4. The van der Waals surface area contributed by atoms with Crippen molar-refractivity contribution in [3.05, 3.63) is 70.2 Å². The highest BCUT2D eigenvalue weighted by molar-refractivity contribution is 6.31. The van der Waals surface area contributed by atoms with Gasteiger partial charge in [-0.2, -0.15) is 0 Å². The minimum atomic E-state index is -0.701. The average Bonchev–Trinajstić information content (AvgIpc) is 2.36. The number of Topliss-reactive ketones (excluding diaryl/α,β-unsaturated/α-hetero) is 1. The van der Waals surface area contributed by atoms with E-state index in [-0.39, 0.29) is 24.2 Å². The number of halogens is 3. The van der Waals surface area contributed by atoms with E-state index in [0.717, 1.165) is 12.1 Å². The topological polar surface area (TPSA) is 17.1 Å². The zero-order valence-electron chi connectivity index (χ0n) is 10.00. The lowest BCUT2D eigenvalue weighted by Gasteiger charge is -2.05. The minimum Gasteiger partial charge on any atom is -0.299 e. The van der Waals surface area contributed by atoms with Crippen molar-refractivity contribution in [2.75, 3.05) is 0 Å². The minimum absolute atomic E-state index is 0.0721. The molecule has 0 aliphatic carbocycles. The molecule has 0 unspecified atom stereocenters. The van der Waals surface area contributed by atoms with Crippen LogP contribution in [0.15, 0.2) is 42.5 Å². The summed E-state index contributed by atoms with van der Waals surface area (Å²) in [6.07, 6.45) is 0.0633. The van der Waals surface area contributed by atoms with Gasteiger partial charge in [0.1, 0.15) is 17.4 Å². The van der Waals surface area contributed by atoms with Gasteiger partial charge in [-0.25, -0.2) is 8.78 Å². The Morgan fingerprint density at radius 1 is 1.00 bits per heavy atom. The number of hydrogen-bond acceptors (Lipinski definition) is 1. The quantitative estimate of drug-likeness (QED) is 0.828. The highest BCUT2D eigenvalue weighted by Crippen LogP contribution is 2.17. The van der Waals surface area contributed by atoms with Gasteiger partial charge in [0.25, 0.3) is 0 Å². The molecule has 0 N–H and O–H groups in total. The molecule has 0 aromatic heterocycles. The van der Waals surface area contributed by atoms with Crippen LogP contribution in [0.1, 0.15) is 11.1 Å². The van der Waals surface area contributed by atoms with Gasteiger partial charge in [-0.3, -0.25) is 4.79 Å². The highest BCUT2D eigenvalue weighted by atomic mass is 35.5. The summed E-state index contributed by atoms with van der Waals surface area (Å²) in [6, 6.07) is 10.2. The summed E-state index contributed by atoms with van der Waals surface area (Å²) in [7, 11) is 0. The Morgan fingerprint density at radius 2 is 1.68 bits per heavy atom. The third-order valence-corrected chi connectivity index (χ3v) is 3.12. The first-order valence-corrected chi connectivity index (χ1v) is 6.13. The van der Waals surface area contributed by atoms with Gasteiger partial charge >= 0.3 is 0 Å². The normalized spacial score (nSPS) is 10.5. The van der Waals surface area contributed by atoms with Crippen molar-refractivity contribution in [2.45, 2.75) is 12.8 Å². The van der Waals surface area contributed by atoms with E-state index >= 15 is 0 Å². The van der Waals surface area contributed by atoms with Gasteiger partial charge in [-0.15, -0.1) is 0 Å². The Kier molecular flexibility index (Phi) is 4.27. The Labute approximate surface area is 114 Å². The van der Waals surface area contributed by atoms with E-state index in [1.165, 1.54) is 6.07 Å². The van der Waals surface area contributed by atoms with Crippen LogP contribution in [0.5, 0.6) is 0 Å².